The highest BCUT2D eigenvalue weighted by atomic mass is 16.5. The summed E-state index contributed by atoms with van der Waals surface area (Å²) in [5.41, 5.74) is 0. The topological polar surface area (TPSA) is 65.0 Å². The number of carboxylic acids is 1. The number of carboxylic acid groups (broad SMARTS) is 1. The third-order valence-electron chi connectivity index (χ3n) is 5.71. The Morgan fingerprint density at radius 2 is 1.57 bits per heavy atom. The predicted octanol–water partition coefficient (Wildman–Crippen LogP) is 6.26. The normalized spacial score (nSPS) is 21.1. The standard InChI is InChI=1S/C25H36O5/c1-4-19(2)28-17-7-5-6-8-18-29-23-13-15-24(16-14-23)30-20(3)21-9-11-22(12-10-21)25(26)27/h4,13,15,21-22H,1-3,5-12,14,16-18H2,(H,26,27). The molecule has 0 aliphatic heterocycles. The maximum atomic E-state index is 11.1. The van der Waals surface area contributed by atoms with Crippen molar-refractivity contribution >= 4 is 5.97 Å². The molecule has 0 unspecified atom stereocenters. The monoisotopic (exact) mass is 416 g/mol. The van der Waals surface area contributed by atoms with Gasteiger partial charge in [0.2, 0.25) is 0 Å². The first kappa shape index (κ1) is 23.8. The summed E-state index contributed by atoms with van der Waals surface area (Å²) in [5.74, 6) is 2.67. The van der Waals surface area contributed by atoms with Gasteiger partial charge in [0.1, 0.15) is 11.5 Å². The molecule has 0 spiro atoms. The highest BCUT2D eigenvalue weighted by molar-refractivity contribution is 5.70. The summed E-state index contributed by atoms with van der Waals surface area (Å²) in [6.07, 6.45) is 14.6. The van der Waals surface area contributed by atoms with E-state index in [-0.39, 0.29) is 11.8 Å². The van der Waals surface area contributed by atoms with Crippen molar-refractivity contribution < 1.29 is 24.1 Å². The van der Waals surface area contributed by atoms with Crippen LogP contribution in [0.4, 0.5) is 0 Å². The number of rotatable bonds is 14. The molecule has 0 saturated heterocycles. The fraction of sp³-hybridized carbons (Fsp3) is 0.560. The molecule has 2 aliphatic rings. The van der Waals surface area contributed by atoms with E-state index in [2.05, 4.69) is 19.7 Å². The van der Waals surface area contributed by atoms with Gasteiger partial charge in [-0.1, -0.05) is 19.7 Å². The number of ether oxygens (including phenoxy) is 3. The summed E-state index contributed by atoms with van der Waals surface area (Å²) in [7, 11) is 0. The molecule has 5 heteroatoms. The summed E-state index contributed by atoms with van der Waals surface area (Å²) >= 11 is 0. The Hall–Kier alpha value is -2.43. The molecule has 0 aromatic rings. The second kappa shape index (κ2) is 13.0. The van der Waals surface area contributed by atoms with Crippen LogP contribution >= 0.6 is 0 Å². The van der Waals surface area contributed by atoms with Crippen LogP contribution < -0.4 is 0 Å². The molecule has 0 bridgehead atoms. The van der Waals surface area contributed by atoms with E-state index in [0.717, 1.165) is 75.3 Å². The molecule has 0 heterocycles. The Bertz CT molecular complexity index is 665. The fourth-order valence-electron chi connectivity index (χ4n) is 3.74. The SMILES string of the molecule is C=CC(=C)OCCCCCCOC1=CC=C(OC(=C)C2CCC(C(=O)O)CC2)CC1. The van der Waals surface area contributed by atoms with Gasteiger partial charge in [-0.3, -0.25) is 4.79 Å². The molecule has 0 radical (unpaired) electrons. The summed E-state index contributed by atoms with van der Waals surface area (Å²) in [5, 5.41) is 9.11. The molecule has 0 aromatic heterocycles. The largest absolute Gasteiger partial charge is 0.498 e. The average Bonchev–Trinajstić information content (AvgIpc) is 2.76. The van der Waals surface area contributed by atoms with E-state index >= 15 is 0 Å². The Labute approximate surface area is 180 Å². The third kappa shape index (κ3) is 8.52. The van der Waals surface area contributed by atoms with E-state index in [1.54, 1.807) is 6.08 Å². The van der Waals surface area contributed by atoms with Gasteiger partial charge >= 0.3 is 5.97 Å². The summed E-state index contributed by atoms with van der Waals surface area (Å²) in [6.45, 7) is 12.8. The summed E-state index contributed by atoms with van der Waals surface area (Å²) in [4.78, 5) is 11.1. The van der Waals surface area contributed by atoms with E-state index in [4.69, 9.17) is 19.3 Å². The van der Waals surface area contributed by atoms with Crippen molar-refractivity contribution in [2.75, 3.05) is 13.2 Å². The molecule has 2 rings (SSSR count). The maximum Gasteiger partial charge on any atom is 0.306 e. The molecule has 1 N–H and O–H groups in total. The zero-order valence-corrected chi connectivity index (χ0v) is 18.1. The van der Waals surface area contributed by atoms with Gasteiger partial charge in [0, 0.05) is 18.8 Å². The molecule has 30 heavy (non-hydrogen) atoms. The zero-order chi connectivity index (χ0) is 21.8. The van der Waals surface area contributed by atoms with Crippen LogP contribution in [0.1, 0.15) is 64.2 Å². The lowest BCUT2D eigenvalue weighted by molar-refractivity contribution is -0.143. The molecule has 166 valence electrons. The Balaban J connectivity index is 1.58. The van der Waals surface area contributed by atoms with Crippen molar-refractivity contribution in [3.63, 3.8) is 0 Å². The first-order chi connectivity index (χ1) is 14.5. The molecule has 1 saturated carbocycles. The zero-order valence-electron chi connectivity index (χ0n) is 18.1. The second-order valence-electron chi connectivity index (χ2n) is 8.00. The third-order valence-corrected chi connectivity index (χ3v) is 5.71. The second-order valence-corrected chi connectivity index (χ2v) is 8.00. The molecule has 0 amide bonds. The van der Waals surface area contributed by atoms with Gasteiger partial charge in [0.15, 0.2) is 0 Å². The Morgan fingerprint density at radius 1 is 0.967 bits per heavy atom. The molecule has 5 nitrogen and oxygen atoms in total. The van der Waals surface area contributed by atoms with E-state index in [1.165, 1.54) is 0 Å². The van der Waals surface area contributed by atoms with Gasteiger partial charge in [-0.25, -0.2) is 0 Å². The van der Waals surface area contributed by atoms with Crippen LogP contribution in [0.25, 0.3) is 0 Å². The smallest absolute Gasteiger partial charge is 0.306 e. The lowest BCUT2D eigenvalue weighted by Crippen LogP contribution is -2.22. The van der Waals surface area contributed by atoms with Crippen molar-refractivity contribution in [3.8, 4) is 0 Å². The van der Waals surface area contributed by atoms with Gasteiger partial charge < -0.3 is 19.3 Å². The van der Waals surface area contributed by atoms with E-state index in [9.17, 15) is 4.79 Å². The van der Waals surface area contributed by atoms with Crippen molar-refractivity contribution in [1.82, 2.24) is 0 Å². The number of aliphatic carboxylic acids is 1. The summed E-state index contributed by atoms with van der Waals surface area (Å²) in [6, 6.07) is 0. The van der Waals surface area contributed by atoms with Crippen LogP contribution in [0.15, 0.2) is 61.0 Å². The fourth-order valence-corrected chi connectivity index (χ4v) is 3.74. The number of hydrogen-bond acceptors (Lipinski definition) is 4. The van der Waals surface area contributed by atoms with Gasteiger partial charge in [-0.15, -0.1) is 0 Å². The lowest BCUT2D eigenvalue weighted by atomic mass is 9.81. The predicted molar refractivity (Wildman–Crippen MR) is 118 cm³/mol. The van der Waals surface area contributed by atoms with Gasteiger partial charge in [0.05, 0.1) is 30.6 Å². The van der Waals surface area contributed by atoms with E-state index < -0.39 is 5.97 Å². The quantitative estimate of drug-likeness (QED) is 0.206. The number of carbonyl (C=O) groups is 1. The molecule has 1 fully saturated rings. The van der Waals surface area contributed by atoms with Crippen molar-refractivity contribution in [1.29, 1.82) is 0 Å². The van der Waals surface area contributed by atoms with Crippen LogP contribution in [0, 0.1) is 11.8 Å². The Morgan fingerprint density at radius 3 is 2.17 bits per heavy atom. The van der Waals surface area contributed by atoms with Crippen LogP contribution in [-0.4, -0.2) is 24.3 Å². The van der Waals surface area contributed by atoms with Crippen molar-refractivity contribution in [2.45, 2.75) is 64.2 Å². The maximum absolute atomic E-state index is 11.1. The van der Waals surface area contributed by atoms with Crippen LogP contribution in [-0.2, 0) is 19.0 Å². The molecular formula is C25H36O5. The van der Waals surface area contributed by atoms with Crippen molar-refractivity contribution in [2.24, 2.45) is 11.8 Å². The Kier molecular flexibility index (Phi) is 10.3. The van der Waals surface area contributed by atoms with Crippen molar-refractivity contribution in [3.05, 3.63) is 61.0 Å². The van der Waals surface area contributed by atoms with Crippen LogP contribution in [0.2, 0.25) is 0 Å². The van der Waals surface area contributed by atoms with Gasteiger partial charge in [-0.2, -0.15) is 0 Å². The van der Waals surface area contributed by atoms with Gasteiger partial charge in [0.25, 0.3) is 0 Å². The van der Waals surface area contributed by atoms with E-state index in [0.29, 0.717) is 25.2 Å². The minimum Gasteiger partial charge on any atom is -0.498 e. The van der Waals surface area contributed by atoms with Crippen LogP contribution in [0.3, 0.4) is 0 Å². The van der Waals surface area contributed by atoms with Gasteiger partial charge in [-0.05, 0) is 69.6 Å². The van der Waals surface area contributed by atoms with Crippen LogP contribution in [0.5, 0.6) is 0 Å². The minimum atomic E-state index is -0.684. The first-order valence-electron chi connectivity index (χ1n) is 11.1. The summed E-state index contributed by atoms with van der Waals surface area (Å²) < 4.78 is 17.2. The average molecular weight is 417 g/mol. The highest BCUT2D eigenvalue weighted by Crippen LogP contribution is 2.35. The first-order valence-corrected chi connectivity index (χ1v) is 11.1. The molecule has 2 aliphatic carbocycles. The lowest BCUT2D eigenvalue weighted by Gasteiger charge is -2.28. The van der Waals surface area contributed by atoms with E-state index in [1.807, 2.05) is 12.2 Å². The molecule has 0 atom stereocenters. The molecule has 0 aromatic carbocycles. The molecular weight excluding hydrogens is 380 g/mol. The minimum absolute atomic E-state index is 0.212. The number of allylic oxidation sites excluding steroid dienone is 6. The number of unbranched alkanes of at least 4 members (excludes halogenated alkanes) is 3. The number of hydrogen-bond donors (Lipinski definition) is 1. The highest BCUT2D eigenvalue weighted by Gasteiger charge is 2.28.